The number of aromatic hydroxyl groups is 1. The first-order valence-corrected chi connectivity index (χ1v) is 7.59. The van der Waals surface area contributed by atoms with Gasteiger partial charge in [-0.15, -0.1) is 0 Å². The highest BCUT2D eigenvalue weighted by Crippen LogP contribution is 2.26. The lowest BCUT2D eigenvalue weighted by Crippen LogP contribution is -2.52. The van der Waals surface area contributed by atoms with E-state index in [4.69, 9.17) is 4.99 Å². The molecule has 0 saturated heterocycles. The Morgan fingerprint density at radius 2 is 2.30 bits per heavy atom. The zero-order valence-electron chi connectivity index (χ0n) is 12.4. The molecule has 0 amide bonds. The van der Waals surface area contributed by atoms with Crippen LogP contribution < -0.4 is 10.7 Å². The summed E-state index contributed by atoms with van der Waals surface area (Å²) in [4.78, 5) is 9.14. The Bertz CT molecular complexity index is 771. The van der Waals surface area contributed by atoms with Gasteiger partial charge in [0.1, 0.15) is 17.3 Å². The highest BCUT2D eigenvalue weighted by molar-refractivity contribution is 6.46. The number of fused-ring (bicyclic) bond motifs is 1. The van der Waals surface area contributed by atoms with Gasteiger partial charge in [0.25, 0.3) is 0 Å². The number of aliphatic imine (C=N–C) groups is 2. The zero-order chi connectivity index (χ0) is 15.8. The fraction of sp³-hybridized carbons (Fsp3) is 0.312. The van der Waals surface area contributed by atoms with Gasteiger partial charge < -0.3 is 10.4 Å². The smallest absolute Gasteiger partial charge is 0.169 e. The lowest BCUT2D eigenvalue weighted by molar-refractivity contribution is 0.328. The summed E-state index contributed by atoms with van der Waals surface area (Å²) in [5.41, 5.74) is 4.73. The van der Waals surface area contributed by atoms with Crippen LogP contribution in [0.1, 0.15) is 12.8 Å². The Kier molecular flexibility index (Phi) is 3.15. The van der Waals surface area contributed by atoms with E-state index >= 15 is 0 Å². The number of nitrogens with zero attached hydrogens (tertiary/aromatic N) is 4. The summed E-state index contributed by atoms with van der Waals surface area (Å²) >= 11 is 0. The molecule has 0 bridgehead atoms. The zero-order valence-corrected chi connectivity index (χ0v) is 12.4. The predicted molar refractivity (Wildman–Crippen MR) is 86.9 cm³/mol. The van der Waals surface area contributed by atoms with Crippen molar-refractivity contribution >= 4 is 17.2 Å². The number of hydrogen-bond donors (Lipinski definition) is 3. The first-order valence-electron chi connectivity index (χ1n) is 7.59. The molecular formula is C16H16N6O. The van der Waals surface area contributed by atoms with Crippen molar-refractivity contribution in [1.29, 1.82) is 5.26 Å². The topological polar surface area (TPSA) is 96.0 Å². The van der Waals surface area contributed by atoms with E-state index < -0.39 is 0 Å². The van der Waals surface area contributed by atoms with E-state index in [0.717, 1.165) is 30.1 Å². The van der Waals surface area contributed by atoms with Crippen molar-refractivity contribution in [3.8, 4) is 11.8 Å². The fourth-order valence-corrected chi connectivity index (χ4v) is 2.57. The van der Waals surface area contributed by atoms with Crippen molar-refractivity contribution in [2.75, 3.05) is 11.9 Å². The molecule has 1 aromatic rings. The number of nitrogens with one attached hydrogen (secondary N) is 2. The standard InChI is InChI=1S/C16H16N6O/c17-8-12-9-18-16-14(19-10-4-5-10)7-15(21-22(12)16)20-11-2-1-3-13(23)6-11/h1-3,6-7,10,12,20-21,23H,4-5,9H2. The molecule has 7 nitrogen and oxygen atoms in total. The molecule has 116 valence electrons. The van der Waals surface area contributed by atoms with Gasteiger partial charge in [0.2, 0.25) is 0 Å². The summed E-state index contributed by atoms with van der Waals surface area (Å²) in [6.45, 7) is 0.440. The van der Waals surface area contributed by atoms with E-state index in [-0.39, 0.29) is 11.8 Å². The van der Waals surface area contributed by atoms with Crippen LogP contribution in [-0.4, -0.2) is 40.3 Å². The van der Waals surface area contributed by atoms with Crippen molar-refractivity contribution < 1.29 is 5.11 Å². The van der Waals surface area contributed by atoms with Gasteiger partial charge in [0.15, 0.2) is 11.9 Å². The maximum Gasteiger partial charge on any atom is 0.169 e. The van der Waals surface area contributed by atoms with Crippen LogP contribution in [0.3, 0.4) is 0 Å². The van der Waals surface area contributed by atoms with Crippen molar-refractivity contribution in [1.82, 2.24) is 10.4 Å². The third-order valence-electron chi connectivity index (χ3n) is 3.85. The van der Waals surface area contributed by atoms with Crippen molar-refractivity contribution in [2.24, 2.45) is 9.98 Å². The van der Waals surface area contributed by atoms with Crippen LogP contribution in [0.4, 0.5) is 5.69 Å². The molecule has 3 aliphatic rings. The van der Waals surface area contributed by atoms with Gasteiger partial charge in [-0.05, 0) is 25.0 Å². The van der Waals surface area contributed by atoms with Gasteiger partial charge in [-0.3, -0.25) is 15.4 Å². The van der Waals surface area contributed by atoms with E-state index in [0.29, 0.717) is 18.4 Å². The van der Waals surface area contributed by atoms with Crippen molar-refractivity contribution in [3.63, 3.8) is 0 Å². The normalized spacial score (nSPS) is 24.4. The van der Waals surface area contributed by atoms with Crippen LogP contribution in [0, 0.1) is 11.3 Å². The van der Waals surface area contributed by atoms with Crippen LogP contribution >= 0.6 is 0 Å². The summed E-state index contributed by atoms with van der Waals surface area (Å²) in [7, 11) is 0. The molecule has 3 N–H and O–H groups in total. The molecule has 1 unspecified atom stereocenters. The third-order valence-corrected chi connectivity index (χ3v) is 3.85. The molecule has 23 heavy (non-hydrogen) atoms. The van der Waals surface area contributed by atoms with Crippen molar-refractivity contribution in [2.45, 2.75) is 24.9 Å². The van der Waals surface area contributed by atoms with Gasteiger partial charge in [0.05, 0.1) is 18.7 Å². The second-order valence-corrected chi connectivity index (χ2v) is 5.77. The van der Waals surface area contributed by atoms with Crippen LogP contribution in [0.15, 0.2) is 46.1 Å². The molecule has 0 radical (unpaired) electrons. The van der Waals surface area contributed by atoms with Gasteiger partial charge in [-0.25, -0.2) is 5.01 Å². The first-order chi connectivity index (χ1) is 11.2. The lowest BCUT2D eigenvalue weighted by Gasteiger charge is -2.31. The van der Waals surface area contributed by atoms with Crippen LogP contribution in [-0.2, 0) is 0 Å². The molecule has 0 aromatic heterocycles. The van der Waals surface area contributed by atoms with Crippen LogP contribution in [0.2, 0.25) is 0 Å². The molecular weight excluding hydrogens is 292 g/mol. The second kappa shape index (κ2) is 5.32. The van der Waals surface area contributed by atoms with E-state index in [9.17, 15) is 10.4 Å². The molecule has 1 aliphatic carbocycles. The van der Waals surface area contributed by atoms with Gasteiger partial charge in [0, 0.05) is 17.8 Å². The lowest BCUT2D eigenvalue weighted by atomic mass is 10.2. The first kappa shape index (κ1) is 13.6. The molecule has 7 heteroatoms. The maximum atomic E-state index is 9.58. The Morgan fingerprint density at radius 3 is 3.04 bits per heavy atom. The number of phenols is 1. The number of amidine groups is 1. The molecule has 1 saturated carbocycles. The number of benzene rings is 1. The molecule has 1 atom stereocenters. The molecule has 1 fully saturated rings. The monoisotopic (exact) mass is 308 g/mol. The third kappa shape index (κ3) is 2.71. The summed E-state index contributed by atoms with van der Waals surface area (Å²) in [6.07, 6.45) is 4.11. The second-order valence-electron chi connectivity index (χ2n) is 5.77. The Balaban J connectivity index is 1.64. The van der Waals surface area contributed by atoms with Crippen LogP contribution in [0.5, 0.6) is 5.75 Å². The van der Waals surface area contributed by atoms with Gasteiger partial charge >= 0.3 is 0 Å². The predicted octanol–water partition coefficient (Wildman–Crippen LogP) is 1.37. The van der Waals surface area contributed by atoms with Gasteiger partial charge in [-0.1, -0.05) is 6.07 Å². The molecule has 0 spiro atoms. The van der Waals surface area contributed by atoms with Crippen LogP contribution in [0.25, 0.3) is 0 Å². The maximum absolute atomic E-state index is 9.58. The van der Waals surface area contributed by atoms with E-state index in [1.165, 1.54) is 0 Å². The minimum Gasteiger partial charge on any atom is -0.508 e. The number of rotatable bonds is 3. The van der Waals surface area contributed by atoms with E-state index in [2.05, 4.69) is 21.8 Å². The average Bonchev–Trinajstić information content (AvgIpc) is 3.24. The summed E-state index contributed by atoms with van der Waals surface area (Å²) in [5, 5.41) is 23.8. The highest BCUT2D eigenvalue weighted by Gasteiger charge is 2.35. The number of hydrazine groups is 1. The average molecular weight is 308 g/mol. The Morgan fingerprint density at radius 1 is 1.43 bits per heavy atom. The number of anilines is 1. The molecule has 2 heterocycles. The van der Waals surface area contributed by atoms with Crippen molar-refractivity contribution in [3.05, 3.63) is 36.2 Å². The number of nitriles is 1. The SMILES string of the molecule is N#CC1CN=C2C(=NC3CC3)C=C(Nc3cccc(O)c3)NN21. The number of hydrogen-bond acceptors (Lipinski definition) is 7. The molecule has 2 aliphatic heterocycles. The summed E-state index contributed by atoms with van der Waals surface area (Å²) < 4.78 is 0. The summed E-state index contributed by atoms with van der Waals surface area (Å²) in [6, 6.07) is 9.14. The minimum absolute atomic E-state index is 0.191. The highest BCUT2D eigenvalue weighted by atomic mass is 16.3. The Labute approximate surface area is 133 Å². The number of phenolic OH excluding ortho intramolecular Hbond substituents is 1. The Hall–Kier alpha value is -3.01. The minimum atomic E-state index is -0.343. The van der Waals surface area contributed by atoms with Gasteiger partial charge in [-0.2, -0.15) is 5.26 Å². The molecule has 1 aromatic carbocycles. The summed E-state index contributed by atoms with van der Waals surface area (Å²) in [5.74, 6) is 1.62. The van der Waals surface area contributed by atoms with E-state index in [1.54, 1.807) is 23.2 Å². The molecule has 4 rings (SSSR count). The largest absolute Gasteiger partial charge is 0.508 e. The van der Waals surface area contributed by atoms with E-state index in [1.807, 2.05) is 12.1 Å². The fourth-order valence-electron chi connectivity index (χ4n) is 2.57. The quantitative estimate of drug-likeness (QED) is 0.784.